The summed E-state index contributed by atoms with van der Waals surface area (Å²) in [6.07, 6.45) is 25.8. The van der Waals surface area contributed by atoms with Gasteiger partial charge in [0.25, 0.3) is 0 Å². The largest absolute Gasteiger partial charge is 0.491 e. The van der Waals surface area contributed by atoms with E-state index in [0.717, 1.165) is 49.5 Å². The highest BCUT2D eigenvalue weighted by Gasteiger charge is 2.32. The van der Waals surface area contributed by atoms with E-state index in [0.29, 0.717) is 31.1 Å². The Kier molecular flexibility index (Phi) is 40.5. The second-order valence-corrected chi connectivity index (χ2v) is 40.9. The molecule has 12 heteroatoms. The maximum atomic E-state index is 5.49. The van der Waals surface area contributed by atoms with Gasteiger partial charge in [0.05, 0.1) is 6.61 Å². The van der Waals surface area contributed by atoms with Crippen LogP contribution in [0.1, 0.15) is 302 Å². The summed E-state index contributed by atoms with van der Waals surface area (Å²) in [5.74, 6) is 17.6. The maximum Gasteiger partial charge on any atom is 0.133 e. The number of ether oxygens (including phenoxy) is 3. The van der Waals surface area contributed by atoms with Crippen LogP contribution in [-0.2, 0) is 42.0 Å². The highest BCUT2D eigenvalue weighted by molar-refractivity contribution is 5.51. The van der Waals surface area contributed by atoms with E-state index in [4.69, 9.17) is 14.2 Å². The van der Waals surface area contributed by atoms with Crippen LogP contribution in [0.5, 0.6) is 5.75 Å². The highest BCUT2D eigenvalue weighted by Crippen LogP contribution is 2.34. The molecular weight excluding hydrogens is 1410 g/mol. The summed E-state index contributed by atoms with van der Waals surface area (Å²) in [7, 11) is 3.87. The van der Waals surface area contributed by atoms with Gasteiger partial charge in [0.1, 0.15) is 24.0 Å². The first-order valence-corrected chi connectivity index (χ1v) is 44.3. The quantitative estimate of drug-likeness (QED) is 0.0965. The minimum atomic E-state index is 0.0707. The molecule has 7 heterocycles. The first kappa shape index (κ1) is 98.8. The second-order valence-electron chi connectivity index (χ2n) is 40.9. The zero-order chi connectivity index (χ0) is 85.3. The van der Waals surface area contributed by atoms with Crippen molar-refractivity contribution in [2.75, 3.05) is 114 Å². The summed E-state index contributed by atoms with van der Waals surface area (Å²) in [6.45, 7) is 71.2. The van der Waals surface area contributed by atoms with E-state index in [-0.39, 0.29) is 43.3 Å². The van der Waals surface area contributed by atoms with Gasteiger partial charge in [-0.05, 0) is 281 Å². The van der Waals surface area contributed by atoms with Crippen LogP contribution in [0.15, 0.2) is 128 Å². The molecule has 12 nitrogen and oxygen atoms in total. The number of benzene rings is 4. The van der Waals surface area contributed by atoms with Crippen molar-refractivity contribution < 1.29 is 14.2 Å². The van der Waals surface area contributed by atoms with Gasteiger partial charge in [0.15, 0.2) is 0 Å². The molecule has 638 valence electrons. The third-order valence-electron chi connectivity index (χ3n) is 21.9. The van der Waals surface area contributed by atoms with Crippen molar-refractivity contribution in [2.45, 2.75) is 314 Å². The highest BCUT2D eigenvalue weighted by atomic mass is 16.5. The van der Waals surface area contributed by atoms with Crippen LogP contribution in [-0.4, -0.2) is 141 Å². The summed E-state index contributed by atoms with van der Waals surface area (Å²) >= 11 is 0. The zero-order valence-electron chi connectivity index (χ0n) is 78.3. The Bertz CT molecular complexity index is 3650. The second kappa shape index (κ2) is 47.1. The SMILES string of the molecule is CC(C)(C)C#CC1CCN(C2CC2)CC1.CC(C)(C)c1ccc(N2CCCCC2)cc1.CC(C)(C)c1ccc(N2CCCCC2)cc1.CC(C)(C)c1ncccn1.CCN1CCC(C#CC(C)(C)C)CC1.CN(c1ccc(C(C)(C)C)cc1)C1CCOCC1.COCCOc1ccc(C(C)(C)C)cc1.Cc1ncc(C(C)(C)C)cn1. The minimum absolute atomic E-state index is 0.0707. The minimum Gasteiger partial charge on any atom is -0.491 e. The number of aryl methyl sites for hydroxylation is 1. The van der Waals surface area contributed by atoms with Crippen LogP contribution >= 0.6 is 0 Å². The molecule has 0 spiro atoms. The summed E-state index contributed by atoms with van der Waals surface area (Å²) in [5, 5.41) is 0. The fourth-order valence-corrected chi connectivity index (χ4v) is 13.8. The topological polar surface area (TPSA) is 95.5 Å². The van der Waals surface area contributed by atoms with Crippen molar-refractivity contribution in [3.8, 4) is 29.4 Å². The van der Waals surface area contributed by atoms with Crippen LogP contribution in [0.2, 0.25) is 0 Å². The van der Waals surface area contributed by atoms with Crippen LogP contribution in [0, 0.1) is 53.3 Å². The third kappa shape index (κ3) is 39.5. The number of hydrogen-bond acceptors (Lipinski definition) is 12. The first-order valence-electron chi connectivity index (χ1n) is 44.3. The Balaban J connectivity index is 0.000000236. The van der Waals surface area contributed by atoms with Crippen LogP contribution in [0.4, 0.5) is 17.1 Å². The summed E-state index contributed by atoms with van der Waals surface area (Å²) in [5.41, 5.74) is 12.4. The average molecular weight is 1580 g/mol. The molecule has 6 fully saturated rings. The van der Waals surface area contributed by atoms with E-state index in [1.165, 1.54) is 181 Å². The first-order chi connectivity index (χ1) is 53.8. The number of methoxy groups -OCH3 is 1. The predicted octanol–water partition coefficient (Wildman–Crippen LogP) is 24.1. The Morgan fingerprint density at radius 3 is 1.14 bits per heavy atom. The lowest BCUT2D eigenvalue weighted by atomic mass is 9.87. The van der Waals surface area contributed by atoms with Gasteiger partial charge in [0.2, 0.25) is 0 Å². The van der Waals surface area contributed by atoms with Crippen molar-refractivity contribution in [2.24, 2.45) is 22.7 Å². The van der Waals surface area contributed by atoms with Crippen molar-refractivity contribution in [1.82, 2.24) is 29.7 Å². The predicted molar refractivity (Wildman–Crippen MR) is 495 cm³/mol. The molecule has 1 aliphatic carbocycles. The summed E-state index contributed by atoms with van der Waals surface area (Å²) in [4.78, 5) is 29.1. The zero-order valence-corrected chi connectivity index (χ0v) is 78.3. The monoisotopic (exact) mass is 1570 g/mol. The molecule has 4 aromatic carbocycles. The number of likely N-dealkylation sites (tertiary alicyclic amines) is 2. The van der Waals surface area contributed by atoms with Gasteiger partial charge in [-0.3, -0.25) is 0 Å². The summed E-state index contributed by atoms with van der Waals surface area (Å²) in [6, 6.07) is 38.9. The van der Waals surface area contributed by atoms with E-state index in [9.17, 15) is 0 Å². The lowest BCUT2D eigenvalue weighted by Gasteiger charge is -2.33. The third-order valence-corrected chi connectivity index (χ3v) is 21.9. The Labute approximate surface area is 705 Å². The van der Waals surface area contributed by atoms with Gasteiger partial charge in [-0.25, -0.2) is 19.9 Å². The molecule has 6 aliphatic rings. The van der Waals surface area contributed by atoms with Gasteiger partial charge < -0.3 is 38.7 Å². The molecule has 2 aromatic heterocycles. The van der Waals surface area contributed by atoms with E-state index >= 15 is 0 Å². The molecule has 12 rings (SSSR count). The Morgan fingerprint density at radius 2 is 0.800 bits per heavy atom. The number of piperidine rings is 4. The van der Waals surface area contributed by atoms with E-state index < -0.39 is 0 Å². The molecule has 0 atom stereocenters. The van der Waals surface area contributed by atoms with Crippen molar-refractivity contribution in [3.63, 3.8) is 0 Å². The van der Waals surface area contributed by atoms with E-state index in [1.807, 2.05) is 37.5 Å². The number of aromatic nitrogens is 4. The molecular formula is C103H163N9O3. The van der Waals surface area contributed by atoms with Gasteiger partial charge in [-0.15, -0.1) is 0 Å². The van der Waals surface area contributed by atoms with Gasteiger partial charge in [0, 0.05) is 136 Å². The molecule has 0 bridgehead atoms. The van der Waals surface area contributed by atoms with Crippen LogP contribution < -0.4 is 19.4 Å². The van der Waals surface area contributed by atoms with Crippen LogP contribution in [0.3, 0.4) is 0 Å². The molecule has 5 aliphatic heterocycles. The van der Waals surface area contributed by atoms with Crippen molar-refractivity contribution in [3.05, 3.63) is 167 Å². The molecule has 0 amide bonds. The fourth-order valence-electron chi connectivity index (χ4n) is 13.8. The number of rotatable bonds is 10. The smallest absolute Gasteiger partial charge is 0.133 e. The normalized spacial score (nSPS) is 17.0. The molecule has 6 aromatic rings. The molecule has 1 saturated carbocycles. The molecule has 0 unspecified atom stereocenters. The lowest BCUT2D eigenvalue weighted by molar-refractivity contribution is 0.0855. The lowest BCUT2D eigenvalue weighted by Crippen LogP contribution is -2.36. The van der Waals surface area contributed by atoms with Crippen molar-refractivity contribution in [1.29, 1.82) is 0 Å². The number of nitrogens with zero attached hydrogens (tertiary/aromatic N) is 9. The maximum absolute atomic E-state index is 5.49. The Hall–Kier alpha value is -6.80. The van der Waals surface area contributed by atoms with E-state index in [1.54, 1.807) is 19.5 Å². The Morgan fingerprint density at radius 1 is 0.426 bits per heavy atom. The van der Waals surface area contributed by atoms with Gasteiger partial charge >= 0.3 is 0 Å². The standard InChI is InChI=1S/C16H25NO.2C15H23N.C14H23N.C13H23N.C13H20O2.C9H14N2.C8H12N2/c1-16(2,3)13-5-7-14(8-6-13)17(4)15-9-11-18-12-10-15;2*1-15(2,3)13-7-9-14(10-8-13)16-11-5-4-6-12-16;1-14(2,3)9-6-12-7-10-15(11-8-12)13-4-5-13;1-5-14-10-7-12(8-11-14)6-9-13(2,3)4;1-13(2,3)11-5-7-12(8-6-11)15-10-9-14-4;1-7-10-5-8(6-11-7)9(2,3)4;1-8(2,3)7-9-5-4-6-10-7/h5-8,15H,9-12H2,1-4H3;2*7-10H,4-6,11-12H2,1-3H3;12-13H,4-5,7-8,10-11H2,1-3H3;12H,5,7-8,10-11H2,1-4H3;5-8H,9-10H2,1-4H3;5-6H,1-4H3;4-6H,1-3H3. The van der Waals surface area contributed by atoms with Crippen LogP contribution in [0.25, 0.3) is 0 Å². The molecule has 5 saturated heterocycles. The number of anilines is 3. The van der Waals surface area contributed by atoms with Gasteiger partial charge in [-0.1, -0.05) is 204 Å². The molecule has 0 radical (unpaired) electrons. The average Bonchev–Trinajstić information content (AvgIpc) is 1.64. The molecule has 0 N–H and O–H groups in total. The van der Waals surface area contributed by atoms with Crippen molar-refractivity contribution >= 4 is 17.1 Å². The number of hydrogen-bond donors (Lipinski definition) is 0. The van der Waals surface area contributed by atoms with Gasteiger partial charge in [-0.2, -0.15) is 0 Å². The van der Waals surface area contributed by atoms with E-state index in [2.05, 4.69) is 333 Å². The molecule has 115 heavy (non-hydrogen) atoms. The fraction of sp³-hybridized carbons (Fsp3) is 0.650. The summed E-state index contributed by atoms with van der Waals surface area (Å²) < 4.78 is 15.8.